The SMILES string of the molecule is CCCC(N)C(=O)N1CCCN(Cc2ccc(F)cc2)CC1.Cl. The molecular weight excluding hydrogens is 317 g/mol. The number of carbonyl (C=O) groups is 1. The van der Waals surface area contributed by atoms with Crippen molar-refractivity contribution in [2.24, 2.45) is 5.73 Å². The van der Waals surface area contributed by atoms with Crippen molar-refractivity contribution in [1.29, 1.82) is 0 Å². The second-order valence-corrected chi connectivity index (χ2v) is 5.98. The van der Waals surface area contributed by atoms with E-state index in [0.717, 1.165) is 57.5 Å². The van der Waals surface area contributed by atoms with Crippen molar-refractivity contribution in [2.45, 2.75) is 38.8 Å². The lowest BCUT2D eigenvalue weighted by Crippen LogP contribution is -2.45. The number of hydrogen-bond acceptors (Lipinski definition) is 3. The lowest BCUT2D eigenvalue weighted by atomic mass is 10.1. The van der Waals surface area contributed by atoms with Crippen LogP contribution in [-0.4, -0.2) is 47.9 Å². The Morgan fingerprint density at radius 3 is 2.57 bits per heavy atom. The van der Waals surface area contributed by atoms with Gasteiger partial charge in [-0.3, -0.25) is 9.69 Å². The summed E-state index contributed by atoms with van der Waals surface area (Å²) in [7, 11) is 0. The second kappa shape index (κ2) is 9.85. The zero-order valence-corrected chi connectivity index (χ0v) is 14.5. The molecule has 130 valence electrons. The van der Waals surface area contributed by atoms with Crippen LogP contribution in [0, 0.1) is 5.82 Å². The smallest absolute Gasteiger partial charge is 0.239 e. The molecular formula is C17H27ClFN3O. The molecule has 1 fully saturated rings. The Bertz CT molecular complexity index is 483. The summed E-state index contributed by atoms with van der Waals surface area (Å²) in [4.78, 5) is 16.5. The van der Waals surface area contributed by atoms with Gasteiger partial charge in [-0.05, 0) is 30.5 Å². The lowest BCUT2D eigenvalue weighted by molar-refractivity contribution is -0.132. The summed E-state index contributed by atoms with van der Waals surface area (Å²) in [5, 5.41) is 0. The zero-order valence-electron chi connectivity index (χ0n) is 13.7. The Kier molecular flexibility index (Phi) is 8.52. The van der Waals surface area contributed by atoms with E-state index in [9.17, 15) is 9.18 Å². The van der Waals surface area contributed by atoms with Crippen molar-refractivity contribution in [2.75, 3.05) is 26.2 Å². The van der Waals surface area contributed by atoms with Crippen molar-refractivity contribution in [3.63, 3.8) is 0 Å². The fourth-order valence-corrected chi connectivity index (χ4v) is 2.87. The van der Waals surface area contributed by atoms with Gasteiger partial charge in [0.15, 0.2) is 0 Å². The van der Waals surface area contributed by atoms with Gasteiger partial charge < -0.3 is 10.6 Å². The third kappa shape index (κ3) is 6.09. The van der Waals surface area contributed by atoms with Crippen molar-refractivity contribution in [3.05, 3.63) is 35.6 Å². The van der Waals surface area contributed by atoms with E-state index in [4.69, 9.17) is 5.73 Å². The number of carbonyl (C=O) groups excluding carboxylic acids is 1. The lowest BCUT2D eigenvalue weighted by Gasteiger charge is -2.24. The number of rotatable bonds is 5. The van der Waals surface area contributed by atoms with Gasteiger partial charge in [0.05, 0.1) is 6.04 Å². The summed E-state index contributed by atoms with van der Waals surface area (Å²) >= 11 is 0. The molecule has 0 radical (unpaired) electrons. The van der Waals surface area contributed by atoms with Crippen LogP contribution in [0.25, 0.3) is 0 Å². The summed E-state index contributed by atoms with van der Waals surface area (Å²) in [6.45, 7) is 6.11. The van der Waals surface area contributed by atoms with Crippen LogP contribution in [0.1, 0.15) is 31.7 Å². The molecule has 1 atom stereocenters. The summed E-state index contributed by atoms with van der Waals surface area (Å²) in [5.41, 5.74) is 7.04. The first-order valence-corrected chi connectivity index (χ1v) is 8.11. The molecule has 0 saturated carbocycles. The minimum absolute atomic E-state index is 0. The van der Waals surface area contributed by atoms with Gasteiger partial charge in [0, 0.05) is 32.7 Å². The molecule has 0 spiro atoms. The minimum Gasteiger partial charge on any atom is -0.340 e. The molecule has 1 heterocycles. The fraction of sp³-hybridized carbons (Fsp3) is 0.588. The van der Waals surface area contributed by atoms with Gasteiger partial charge in [-0.2, -0.15) is 0 Å². The molecule has 1 aliphatic heterocycles. The van der Waals surface area contributed by atoms with Crippen LogP contribution < -0.4 is 5.73 Å². The molecule has 1 aromatic rings. The summed E-state index contributed by atoms with van der Waals surface area (Å²) < 4.78 is 12.9. The van der Waals surface area contributed by atoms with Crippen LogP contribution in [0.15, 0.2) is 24.3 Å². The molecule has 2 rings (SSSR count). The first kappa shape index (κ1) is 19.9. The summed E-state index contributed by atoms with van der Waals surface area (Å²) in [6.07, 6.45) is 2.62. The van der Waals surface area contributed by atoms with E-state index in [1.54, 1.807) is 0 Å². The average Bonchev–Trinajstić information content (AvgIpc) is 2.75. The zero-order chi connectivity index (χ0) is 15.9. The Balaban J connectivity index is 0.00000264. The van der Waals surface area contributed by atoms with E-state index in [1.807, 2.05) is 24.0 Å². The molecule has 0 bridgehead atoms. The molecule has 1 unspecified atom stereocenters. The number of halogens is 2. The Labute approximate surface area is 144 Å². The molecule has 4 nitrogen and oxygen atoms in total. The van der Waals surface area contributed by atoms with Crippen LogP contribution in [0.4, 0.5) is 4.39 Å². The van der Waals surface area contributed by atoms with Gasteiger partial charge in [-0.1, -0.05) is 25.5 Å². The predicted octanol–water partition coefficient (Wildman–Crippen LogP) is 2.41. The number of hydrogen-bond donors (Lipinski definition) is 1. The van der Waals surface area contributed by atoms with Crippen LogP contribution in [0.2, 0.25) is 0 Å². The summed E-state index contributed by atoms with van der Waals surface area (Å²) in [5.74, 6) is -0.133. The molecule has 1 amide bonds. The average molecular weight is 344 g/mol. The summed E-state index contributed by atoms with van der Waals surface area (Å²) in [6, 6.07) is 6.26. The molecule has 2 N–H and O–H groups in total. The Morgan fingerprint density at radius 2 is 1.91 bits per heavy atom. The molecule has 1 saturated heterocycles. The fourth-order valence-electron chi connectivity index (χ4n) is 2.87. The molecule has 6 heteroatoms. The van der Waals surface area contributed by atoms with E-state index >= 15 is 0 Å². The van der Waals surface area contributed by atoms with Gasteiger partial charge >= 0.3 is 0 Å². The first-order chi connectivity index (χ1) is 10.6. The van der Waals surface area contributed by atoms with Crippen molar-refractivity contribution < 1.29 is 9.18 Å². The predicted molar refractivity (Wildman–Crippen MR) is 93.0 cm³/mol. The quantitative estimate of drug-likeness (QED) is 0.893. The number of benzene rings is 1. The van der Waals surface area contributed by atoms with Crippen LogP contribution in [0.3, 0.4) is 0 Å². The van der Waals surface area contributed by atoms with Gasteiger partial charge in [0.25, 0.3) is 0 Å². The number of nitrogens with zero attached hydrogens (tertiary/aromatic N) is 2. The van der Waals surface area contributed by atoms with E-state index in [1.165, 1.54) is 12.1 Å². The second-order valence-electron chi connectivity index (χ2n) is 5.98. The van der Waals surface area contributed by atoms with Gasteiger partial charge in [-0.15, -0.1) is 12.4 Å². The van der Waals surface area contributed by atoms with Crippen molar-refractivity contribution >= 4 is 18.3 Å². The number of nitrogens with two attached hydrogens (primary N) is 1. The molecule has 1 aliphatic rings. The first-order valence-electron chi connectivity index (χ1n) is 8.11. The van der Waals surface area contributed by atoms with Crippen LogP contribution >= 0.6 is 12.4 Å². The molecule has 23 heavy (non-hydrogen) atoms. The third-order valence-electron chi connectivity index (χ3n) is 4.14. The van der Waals surface area contributed by atoms with Gasteiger partial charge in [0.1, 0.15) is 5.82 Å². The number of amides is 1. The molecule has 0 aromatic heterocycles. The minimum atomic E-state index is -0.367. The monoisotopic (exact) mass is 343 g/mol. The van der Waals surface area contributed by atoms with Gasteiger partial charge in [-0.25, -0.2) is 4.39 Å². The van der Waals surface area contributed by atoms with Crippen LogP contribution in [-0.2, 0) is 11.3 Å². The maximum Gasteiger partial charge on any atom is 0.239 e. The highest BCUT2D eigenvalue weighted by molar-refractivity contribution is 5.85. The molecule has 0 aliphatic carbocycles. The Hall–Kier alpha value is -1.17. The van der Waals surface area contributed by atoms with Crippen molar-refractivity contribution in [3.8, 4) is 0 Å². The topological polar surface area (TPSA) is 49.6 Å². The van der Waals surface area contributed by atoms with E-state index in [-0.39, 0.29) is 30.2 Å². The highest BCUT2D eigenvalue weighted by atomic mass is 35.5. The van der Waals surface area contributed by atoms with E-state index in [2.05, 4.69) is 4.90 Å². The normalized spacial score (nSPS) is 17.3. The standard InChI is InChI=1S/C17H26FN3O.ClH/c1-2-4-16(19)17(22)21-10-3-9-20(11-12-21)13-14-5-7-15(18)8-6-14;/h5-8,16H,2-4,9-13,19H2,1H3;1H. The molecule has 1 aromatic carbocycles. The maximum atomic E-state index is 12.9. The van der Waals surface area contributed by atoms with Crippen molar-refractivity contribution in [1.82, 2.24) is 9.80 Å². The Morgan fingerprint density at radius 1 is 1.22 bits per heavy atom. The highest BCUT2D eigenvalue weighted by Crippen LogP contribution is 2.11. The van der Waals surface area contributed by atoms with E-state index in [0.29, 0.717) is 0 Å². The highest BCUT2D eigenvalue weighted by Gasteiger charge is 2.23. The largest absolute Gasteiger partial charge is 0.340 e. The van der Waals surface area contributed by atoms with Gasteiger partial charge in [0.2, 0.25) is 5.91 Å². The third-order valence-corrected chi connectivity index (χ3v) is 4.14. The van der Waals surface area contributed by atoms with Crippen LogP contribution in [0.5, 0.6) is 0 Å². The maximum absolute atomic E-state index is 12.9. The van der Waals surface area contributed by atoms with E-state index < -0.39 is 0 Å².